The molecule has 0 aromatic heterocycles. The number of benzene rings is 2. The summed E-state index contributed by atoms with van der Waals surface area (Å²) in [6.45, 7) is 10.7. The van der Waals surface area contributed by atoms with Crippen LogP contribution in [0.3, 0.4) is 0 Å². The van der Waals surface area contributed by atoms with Gasteiger partial charge in [0.25, 0.3) is 0 Å². The fourth-order valence-corrected chi connectivity index (χ4v) is 3.52. The molecule has 0 unspecified atom stereocenters. The summed E-state index contributed by atoms with van der Waals surface area (Å²) in [6.07, 6.45) is 0. The summed E-state index contributed by atoms with van der Waals surface area (Å²) < 4.78 is 28.1. The van der Waals surface area contributed by atoms with Crippen LogP contribution in [0, 0.1) is 10.8 Å². The largest absolute Gasteiger partial charge is 0.493 e. The second kappa shape index (κ2) is 9.43. The number of esters is 2. The van der Waals surface area contributed by atoms with E-state index in [0.29, 0.717) is 26.4 Å². The number of ether oxygens (including phenoxy) is 1. The number of hydrogen-bond acceptors (Lipinski definition) is 7. The minimum absolute atomic E-state index is 0.0216. The zero-order valence-corrected chi connectivity index (χ0v) is 19.5. The Balaban J connectivity index is 1.32. The van der Waals surface area contributed by atoms with E-state index in [0.717, 1.165) is 10.9 Å². The zero-order valence-electron chi connectivity index (χ0n) is 19.5. The van der Waals surface area contributed by atoms with Gasteiger partial charge in [-0.05, 0) is 35.2 Å². The average Bonchev–Trinajstić information content (AvgIpc) is 2.79. The Bertz CT molecular complexity index is 901. The van der Waals surface area contributed by atoms with Crippen molar-refractivity contribution in [2.75, 3.05) is 26.4 Å². The molecular formula is C24H28B2O7. The van der Waals surface area contributed by atoms with E-state index >= 15 is 0 Å². The first-order valence-electron chi connectivity index (χ1n) is 11.0. The molecule has 0 atom stereocenters. The number of rotatable bonds is 4. The van der Waals surface area contributed by atoms with Crippen molar-refractivity contribution in [2.45, 2.75) is 27.7 Å². The highest BCUT2D eigenvalue weighted by molar-refractivity contribution is 6.61. The van der Waals surface area contributed by atoms with Gasteiger partial charge in [0.05, 0.1) is 11.1 Å². The van der Waals surface area contributed by atoms with Crippen molar-refractivity contribution in [3.63, 3.8) is 0 Å². The third-order valence-corrected chi connectivity index (χ3v) is 5.52. The van der Waals surface area contributed by atoms with Gasteiger partial charge in [0, 0.05) is 37.3 Å². The molecule has 0 spiro atoms. The third kappa shape index (κ3) is 5.92. The van der Waals surface area contributed by atoms with Crippen molar-refractivity contribution >= 4 is 37.1 Å². The predicted molar refractivity (Wildman–Crippen MR) is 125 cm³/mol. The SMILES string of the molecule is CC1(C)COB(c2ccc(C(=O)OC(=O)c3ccc(B4OCC(C)(C)CO4)cc3)cc2)OC1. The molecule has 9 heteroatoms. The second-order valence-electron chi connectivity index (χ2n) is 10.2. The summed E-state index contributed by atoms with van der Waals surface area (Å²) in [5, 5.41) is 0. The van der Waals surface area contributed by atoms with E-state index in [4.69, 9.17) is 23.4 Å². The molecule has 2 fully saturated rings. The van der Waals surface area contributed by atoms with Crippen molar-refractivity contribution in [3.05, 3.63) is 59.7 Å². The Morgan fingerprint density at radius 3 is 1.24 bits per heavy atom. The molecule has 0 saturated carbocycles. The molecule has 0 amide bonds. The van der Waals surface area contributed by atoms with Gasteiger partial charge in [0.2, 0.25) is 0 Å². The molecule has 0 radical (unpaired) electrons. The van der Waals surface area contributed by atoms with Crippen molar-refractivity contribution in [3.8, 4) is 0 Å². The smallest absolute Gasteiger partial charge is 0.407 e. The Morgan fingerprint density at radius 2 is 0.939 bits per heavy atom. The van der Waals surface area contributed by atoms with Crippen LogP contribution in [0.4, 0.5) is 0 Å². The molecule has 7 nitrogen and oxygen atoms in total. The van der Waals surface area contributed by atoms with Crippen molar-refractivity contribution in [1.29, 1.82) is 0 Å². The molecule has 2 aromatic rings. The number of carbonyl (C=O) groups is 2. The second-order valence-corrected chi connectivity index (χ2v) is 10.2. The Kier molecular flexibility index (Phi) is 6.77. The lowest BCUT2D eigenvalue weighted by Gasteiger charge is -2.33. The highest BCUT2D eigenvalue weighted by atomic mass is 16.6. The van der Waals surface area contributed by atoms with Gasteiger partial charge in [-0.1, -0.05) is 52.0 Å². The van der Waals surface area contributed by atoms with Crippen LogP contribution in [0.25, 0.3) is 0 Å². The van der Waals surface area contributed by atoms with E-state index in [2.05, 4.69) is 27.7 Å². The highest BCUT2D eigenvalue weighted by Crippen LogP contribution is 2.22. The minimum atomic E-state index is -0.719. The fraction of sp³-hybridized carbons (Fsp3) is 0.417. The van der Waals surface area contributed by atoms with E-state index in [9.17, 15) is 9.59 Å². The summed E-state index contributed by atoms with van der Waals surface area (Å²) in [5.74, 6) is -1.44. The maximum Gasteiger partial charge on any atom is 0.493 e. The van der Waals surface area contributed by atoms with Crippen LogP contribution in [-0.2, 0) is 23.4 Å². The van der Waals surface area contributed by atoms with E-state index < -0.39 is 26.2 Å². The Hall–Kier alpha value is -2.45. The zero-order chi connectivity index (χ0) is 23.6. The van der Waals surface area contributed by atoms with E-state index in [1.165, 1.54) is 0 Å². The first-order chi connectivity index (χ1) is 15.6. The van der Waals surface area contributed by atoms with Crippen molar-refractivity contribution < 1.29 is 32.9 Å². The van der Waals surface area contributed by atoms with Gasteiger partial charge in [-0.25, -0.2) is 9.59 Å². The lowest BCUT2D eigenvalue weighted by atomic mass is 9.76. The van der Waals surface area contributed by atoms with Crippen LogP contribution in [0.1, 0.15) is 48.4 Å². The average molecular weight is 450 g/mol. The van der Waals surface area contributed by atoms with Crippen LogP contribution in [0.5, 0.6) is 0 Å². The van der Waals surface area contributed by atoms with Gasteiger partial charge in [0.15, 0.2) is 0 Å². The van der Waals surface area contributed by atoms with Gasteiger partial charge in [-0.2, -0.15) is 0 Å². The summed E-state index contributed by atoms with van der Waals surface area (Å²) in [7, 11) is -0.933. The Labute approximate surface area is 195 Å². The maximum absolute atomic E-state index is 12.4. The van der Waals surface area contributed by atoms with E-state index in [-0.39, 0.29) is 22.0 Å². The number of carbonyl (C=O) groups excluding carboxylic acids is 2. The minimum Gasteiger partial charge on any atom is -0.407 e. The van der Waals surface area contributed by atoms with Crippen LogP contribution in [0.2, 0.25) is 0 Å². The molecule has 2 saturated heterocycles. The lowest BCUT2D eigenvalue weighted by molar-refractivity contribution is 0.0342. The van der Waals surface area contributed by atoms with E-state index in [1.807, 2.05) is 0 Å². The molecular weight excluding hydrogens is 422 g/mol. The molecule has 0 N–H and O–H groups in total. The first-order valence-corrected chi connectivity index (χ1v) is 11.0. The van der Waals surface area contributed by atoms with Crippen molar-refractivity contribution in [1.82, 2.24) is 0 Å². The highest BCUT2D eigenvalue weighted by Gasteiger charge is 2.34. The topological polar surface area (TPSA) is 80.3 Å². The monoisotopic (exact) mass is 450 g/mol. The van der Waals surface area contributed by atoms with Crippen LogP contribution in [0.15, 0.2) is 48.5 Å². The maximum atomic E-state index is 12.4. The van der Waals surface area contributed by atoms with Gasteiger partial charge in [0.1, 0.15) is 0 Å². The molecule has 0 aliphatic carbocycles. The molecule has 2 aliphatic heterocycles. The Morgan fingerprint density at radius 1 is 0.636 bits per heavy atom. The summed E-state index contributed by atoms with van der Waals surface area (Å²) >= 11 is 0. The summed E-state index contributed by atoms with van der Waals surface area (Å²) in [6, 6.07) is 13.3. The molecule has 0 bridgehead atoms. The van der Waals surface area contributed by atoms with Crippen LogP contribution >= 0.6 is 0 Å². The van der Waals surface area contributed by atoms with Gasteiger partial charge < -0.3 is 23.4 Å². The van der Waals surface area contributed by atoms with Crippen LogP contribution < -0.4 is 10.9 Å². The molecule has 2 heterocycles. The molecule has 4 rings (SSSR count). The normalized spacial score (nSPS) is 19.8. The summed E-state index contributed by atoms with van der Waals surface area (Å²) in [5.41, 5.74) is 2.11. The van der Waals surface area contributed by atoms with Crippen LogP contribution in [-0.4, -0.2) is 52.6 Å². The van der Waals surface area contributed by atoms with Gasteiger partial charge in [-0.15, -0.1) is 0 Å². The van der Waals surface area contributed by atoms with Gasteiger partial charge >= 0.3 is 26.2 Å². The molecule has 33 heavy (non-hydrogen) atoms. The lowest BCUT2D eigenvalue weighted by Crippen LogP contribution is -2.47. The number of hydrogen-bond donors (Lipinski definition) is 0. The predicted octanol–water partition coefficient (Wildman–Crippen LogP) is 2.22. The molecule has 2 aromatic carbocycles. The standard InChI is InChI=1S/C24H28B2O7/c1-23(2)13-29-25(30-14-23)19-9-5-17(6-10-19)21(27)33-22(28)18-7-11-20(12-8-18)26-31-15-24(3,4)16-32-26/h5-12H,13-16H2,1-4H3. The summed E-state index contributed by atoms with van der Waals surface area (Å²) in [4.78, 5) is 24.9. The van der Waals surface area contributed by atoms with E-state index in [1.54, 1.807) is 48.5 Å². The van der Waals surface area contributed by atoms with Crippen molar-refractivity contribution in [2.24, 2.45) is 10.8 Å². The first kappa shape index (κ1) is 23.7. The van der Waals surface area contributed by atoms with Gasteiger partial charge in [-0.3, -0.25) is 0 Å². The molecule has 2 aliphatic rings. The fourth-order valence-electron chi connectivity index (χ4n) is 3.52. The third-order valence-electron chi connectivity index (χ3n) is 5.52. The quantitative estimate of drug-likeness (QED) is 0.402. The molecule has 172 valence electrons.